The molecule has 3 aromatic rings. The van der Waals surface area contributed by atoms with Gasteiger partial charge in [-0.05, 0) is 31.9 Å². The summed E-state index contributed by atoms with van der Waals surface area (Å²) in [5, 5.41) is 6.34. The molecule has 0 unspecified atom stereocenters. The number of alkyl halides is 3. The summed E-state index contributed by atoms with van der Waals surface area (Å²) in [4.78, 5) is 20.0. The summed E-state index contributed by atoms with van der Waals surface area (Å²) in [7, 11) is 0. The van der Waals surface area contributed by atoms with E-state index in [2.05, 4.69) is 20.4 Å². The zero-order valence-electron chi connectivity index (χ0n) is 15.1. The van der Waals surface area contributed by atoms with Crippen molar-refractivity contribution in [3.05, 3.63) is 52.6 Å². The van der Waals surface area contributed by atoms with Crippen LogP contribution in [0, 0.1) is 13.8 Å². The average molecular weight is 377 g/mol. The van der Waals surface area contributed by atoms with Crippen LogP contribution in [-0.2, 0) is 23.8 Å². The van der Waals surface area contributed by atoms with E-state index < -0.39 is 12.0 Å². The van der Waals surface area contributed by atoms with Gasteiger partial charge in [-0.3, -0.25) is 4.79 Å². The van der Waals surface area contributed by atoms with Crippen LogP contribution in [0.2, 0.25) is 0 Å². The number of hydrogen-bond acceptors (Lipinski definition) is 4. The van der Waals surface area contributed by atoms with E-state index in [0.717, 1.165) is 22.2 Å². The molecule has 1 aromatic carbocycles. The topological polar surface area (TPSA) is 72.2 Å². The van der Waals surface area contributed by atoms with E-state index in [9.17, 15) is 18.0 Å². The van der Waals surface area contributed by atoms with Crippen LogP contribution in [0.25, 0.3) is 5.78 Å². The molecule has 0 fully saturated rings. The van der Waals surface area contributed by atoms with E-state index in [1.54, 1.807) is 13.8 Å². The summed E-state index contributed by atoms with van der Waals surface area (Å²) >= 11 is 0. The average Bonchev–Trinajstić information content (AvgIpc) is 3.03. The van der Waals surface area contributed by atoms with Crippen LogP contribution in [0.4, 0.5) is 18.9 Å². The Bertz CT molecular complexity index is 1010. The zero-order chi connectivity index (χ0) is 19.8. The van der Waals surface area contributed by atoms with Gasteiger partial charge < -0.3 is 5.32 Å². The molecule has 0 saturated heterocycles. The number of nitrogens with zero attached hydrogens (tertiary/aromatic N) is 4. The molecule has 1 amide bonds. The second-order valence-electron chi connectivity index (χ2n) is 6.14. The van der Waals surface area contributed by atoms with Crippen LogP contribution >= 0.6 is 0 Å². The van der Waals surface area contributed by atoms with E-state index >= 15 is 0 Å². The number of carbonyl (C=O) groups excluding carboxylic acids is 1. The Morgan fingerprint density at radius 2 is 1.89 bits per heavy atom. The van der Waals surface area contributed by atoms with Crippen LogP contribution in [0.3, 0.4) is 0 Å². The second kappa shape index (κ2) is 6.98. The molecule has 3 rings (SSSR count). The number of aromatic nitrogens is 4. The second-order valence-corrected chi connectivity index (χ2v) is 6.14. The number of para-hydroxylation sites is 1. The number of rotatable bonds is 4. The number of nitrogens with one attached hydrogen (secondary N) is 1. The normalized spacial score (nSPS) is 11.8. The maximum absolute atomic E-state index is 12.9. The molecule has 0 aliphatic rings. The Kier molecular flexibility index (Phi) is 4.86. The minimum Gasteiger partial charge on any atom is -0.326 e. The number of amides is 1. The maximum Gasteiger partial charge on any atom is 0.453 e. The summed E-state index contributed by atoms with van der Waals surface area (Å²) in [6.07, 6.45) is -3.92. The molecule has 6 nitrogen and oxygen atoms in total. The smallest absolute Gasteiger partial charge is 0.326 e. The molecule has 0 spiro atoms. The van der Waals surface area contributed by atoms with Gasteiger partial charge in [0, 0.05) is 22.6 Å². The van der Waals surface area contributed by atoms with Gasteiger partial charge in [0.1, 0.15) is 0 Å². The van der Waals surface area contributed by atoms with Crippen molar-refractivity contribution in [2.45, 2.75) is 39.8 Å². The molecule has 0 bridgehead atoms. The van der Waals surface area contributed by atoms with E-state index in [0.29, 0.717) is 17.0 Å². The molecule has 0 radical (unpaired) electrons. The molecule has 142 valence electrons. The maximum atomic E-state index is 12.9. The molecular formula is C18H18F3N5O. The molecular weight excluding hydrogens is 359 g/mol. The number of anilines is 1. The van der Waals surface area contributed by atoms with Crippen LogP contribution in [0.5, 0.6) is 0 Å². The van der Waals surface area contributed by atoms with Crippen LogP contribution in [-0.4, -0.2) is 25.5 Å². The van der Waals surface area contributed by atoms with Crippen LogP contribution < -0.4 is 5.32 Å². The Morgan fingerprint density at radius 1 is 1.19 bits per heavy atom. The highest BCUT2D eigenvalue weighted by molar-refractivity contribution is 5.93. The van der Waals surface area contributed by atoms with Gasteiger partial charge in [-0.2, -0.15) is 18.2 Å². The van der Waals surface area contributed by atoms with Crippen molar-refractivity contribution < 1.29 is 18.0 Å². The van der Waals surface area contributed by atoms with Gasteiger partial charge in [-0.15, -0.1) is 5.10 Å². The molecule has 0 aliphatic heterocycles. The minimum atomic E-state index is -4.66. The first-order valence-corrected chi connectivity index (χ1v) is 8.38. The Labute approximate surface area is 153 Å². The SMILES string of the molecule is CCc1ccccc1NC(=O)Cc1c(C)nc2nc(C(F)(F)F)nn2c1C. The van der Waals surface area contributed by atoms with Crippen molar-refractivity contribution in [1.82, 2.24) is 19.6 Å². The fraction of sp³-hybridized carbons (Fsp3) is 0.333. The largest absolute Gasteiger partial charge is 0.453 e. The summed E-state index contributed by atoms with van der Waals surface area (Å²) < 4.78 is 39.6. The number of carbonyl (C=O) groups is 1. The van der Waals surface area contributed by atoms with Crippen LogP contribution in [0.1, 0.15) is 35.3 Å². The lowest BCUT2D eigenvalue weighted by Gasteiger charge is -2.12. The zero-order valence-corrected chi connectivity index (χ0v) is 15.1. The molecule has 0 aliphatic carbocycles. The highest BCUT2D eigenvalue weighted by atomic mass is 19.4. The molecule has 1 N–H and O–H groups in total. The van der Waals surface area contributed by atoms with E-state index in [1.807, 2.05) is 31.2 Å². The summed E-state index contributed by atoms with van der Waals surface area (Å²) in [6, 6.07) is 7.45. The van der Waals surface area contributed by atoms with Gasteiger partial charge in [0.25, 0.3) is 11.6 Å². The van der Waals surface area contributed by atoms with Gasteiger partial charge in [-0.1, -0.05) is 25.1 Å². The third-order valence-electron chi connectivity index (χ3n) is 4.31. The van der Waals surface area contributed by atoms with Gasteiger partial charge in [-0.25, -0.2) is 9.50 Å². The highest BCUT2D eigenvalue weighted by Gasteiger charge is 2.37. The van der Waals surface area contributed by atoms with E-state index in [-0.39, 0.29) is 18.1 Å². The monoisotopic (exact) mass is 377 g/mol. The van der Waals surface area contributed by atoms with Crippen LogP contribution in [0.15, 0.2) is 24.3 Å². The highest BCUT2D eigenvalue weighted by Crippen LogP contribution is 2.27. The number of halogens is 3. The molecule has 27 heavy (non-hydrogen) atoms. The number of hydrogen-bond donors (Lipinski definition) is 1. The summed E-state index contributed by atoms with van der Waals surface area (Å²) in [6.45, 7) is 5.22. The number of aryl methyl sites for hydroxylation is 3. The summed E-state index contributed by atoms with van der Waals surface area (Å²) in [5.41, 5.74) is 3.08. The Balaban J connectivity index is 1.91. The molecule has 2 aromatic heterocycles. The first-order chi connectivity index (χ1) is 12.7. The van der Waals surface area contributed by atoms with E-state index in [4.69, 9.17) is 0 Å². The van der Waals surface area contributed by atoms with Crippen molar-refractivity contribution in [3.63, 3.8) is 0 Å². The predicted molar refractivity (Wildman–Crippen MR) is 93.4 cm³/mol. The van der Waals surface area contributed by atoms with Crippen molar-refractivity contribution in [2.75, 3.05) is 5.32 Å². The standard InChI is InChI=1S/C18H18F3N5O/c1-4-12-7-5-6-8-14(12)23-15(27)9-13-10(2)22-17-24-16(18(19,20)21)25-26(17)11(13)3/h5-8H,4,9H2,1-3H3,(H,23,27). The van der Waals surface area contributed by atoms with Crippen molar-refractivity contribution >= 4 is 17.4 Å². The fourth-order valence-electron chi connectivity index (χ4n) is 2.89. The Hall–Kier alpha value is -2.97. The Morgan fingerprint density at radius 3 is 2.56 bits per heavy atom. The minimum absolute atomic E-state index is 0.0279. The van der Waals surface area contributed by atoms with E-state index in [1.165, 1.54) is 0 Å². The fourth-order valence-corrected chi connectivity index (χ4v) is 2.89. The lowest BCUT2D eigenvalue weighted by molar-refractivity contribution is -0.144. The molecule has 2 heterocycles. The third-order valence-corrected chi connectivity index (χ3v) is 4.31. The van der Waals surface area contributed by atoms with Gasteiger partial charge in [0.2, 0.25) is 5.91 Å². The molecule has 0 saturated carbocycles. The number of fused-ring (bicyclic) bond motifs is 1. The third kappa shape index (κ3) is 3.76. The first-order valence-electron chi connectivity index (χ1n) is 8.38. The molecule has 0 atom stereocenters. The predicted octanol–water partition coefficient (Wildman–Crippen LogP) is 3.50. The van der Waals surface area contributed by atoms with Gasteiger partial charge in [0.15, 0.2) is 0 Å². The first kappa shape index (κ1) is 18.8. The molecule has 9 heteroatoms. The lowest BCUT2D eigenvalue weighted by atomic mass is 10.1. The lowest BCUT2D eigenvalue weighted by Crippen LogP contribution is -2.18. The summed E-state index contributed by atoms with van der Waals surface area (Å²) in [5.74, 6) is -1.67. The van der Waals surface area contributed by atoms with Crippen molar-refractivity contribution in [2.24, 2.45) is 0 Å². The number of benzene rings is 1. The quantitative estimate of drug-likeness (QED) is 0.755. The van der Waals surface area contributed by atoms with Gasteiger partial charge in [0.05, 0.1) is 6.42 Å². The van der Waals surface area contributed by atoms with Crippen molar-refractivity contribution in [3.8, 4) is 0 Å². The van der Waals surface area contributed by atoms with Gasteiger partial charge >= 0.3 is 6.18 Å². The van der Waals surface area contributed by atoms with Crippen molar-refractivity contribution in [1.29, 1.82) is 0 Å².